The van der Waals surface area contributed by atoms with Crippen LogP contribution in [0.5, 0.6) is 0 Å². The maximum atomic E-state index is 11.8. The van der Waals surface area contributed by atoms with E-state index in [0.717, 1.165) is 16.9 Å². The Kier molecular flexibility index (Phi) is 2.97. The minimum atomic E-state index is -0.0699. The van der Waals surface area contributed by atoms with Crippen LogP contribution in [0.1, 0.15) is 5.82 Å². The van der Waals surface area contributed by atoms with E-state index in [1.54, 1.807) is 18.7 Å². The number of aromatic amines is 1. The van der Waals surface area contributed by atoms with E-state index in [-0.39, 0.29) is 12.5 Å². The minimum absolute atomic E-state index is 0.0699. The maximum absolute atomic E-state index is 11.8. The summed E-state index contributed by atoms with van der Waals surface area (Å²) in [4.78, 5) is 23.1. The van der Waals surface area contributed by atoms with Gasteiger partial charge in [-0.05, 0) is 12.1 Å². The lowest BCUT2D eigenvalue weighted by atomic mass is 10.3. The van der Waals surface area contributed by atoms with Crippen molar-refractivity contribution in [2.45, 2.75) is 13.1 Å². The number of benzene rings is 1. The number of fused-ring (bicyclic) bond motifs is 1. The third-order valence-electron chi connectivity index (χ3n) is 2.85. The molecule has 0 saturated heterocycles. The molecule has 0 unspecified atom stereocenters. The molecule has 0 spiro atoms. The molecule has 3 aromatic rings. The number of aromatic nitrogens is 4. The van der Waals surface area contributed by atoms with Crippen LogP contribution in [0.15, 0.2) is 43.0 Å². The Balaban J connectivity index is 1.66. The second kappa shape index (κ2) is 4.93. The maximum Gasteiger partial charge on any atom is 0.240 e. The van der Waals surface area contributed by atoms with Gasteiger partial charge in [0.2, 0.25) is 5.91 Å². The average molecular weight is 255 g/mol. The molecule has 0 aliphatic heterocycles. The molecule has 0 radical (unpaired) electrons. The van der Waals surface area contributed by atoms with Crippen LogP contribution in [0.3, 0.4) is 0 Å². The van der Waals surface area contributed by atoms with Gasteiger partial charge < -0.3 is 14.9 Å². The molecule has 2 N–H and O–H groups in total. The Labute approximate surface area is 109 Å². The quantitative estimate of drug-likeness (QED) is 0.732. The smallest absolute Gasteiger partial charge is 0.240 e. The fourth-order valence-electron chi connectivity index (χ4n) is 1.92. The molecule has 2 heterocycles. The molecule has 6 nitrogen and oxygen atoms in total. The van der Waals surface area contributed by atoms with Gasteiger partial charge in [0, 0.05) is 12.4 Å². The first-order chi connectivity index (χ1) is 9.33. The van der Waals surface area contributed by atoms with Gasteiger partial charge in [-0.3, -0.25) is 4.79 Å². The number of hydrogen-bond acceptors (Lipinski definition) is 3. The Hall–Kier alpha value is -2.63. The first kappa shape index (κ1) is 11.5. The molecular formula is C13H13N5O. The van der Waals surface area contributed by atoms with Crippen molar-refractivity contribution in [1.29, 1.82) is 0 Å². The minimum Gasteiger partial charge on any atom is -0.347 e. The van der Waals surface area contributed by atoms with E-state index >= 15 is 0 Å². The predicted octanol–water partition coefficient (Wildman–Crippen LogP) is 1.08. The second-order valence-corrected chi connectivity index (χ2v) is 4.17. The number of amides is 1. The summed E-state index contributed by atoms with van der Waals surface area (Å²) in [5, 5.41) is 2.81. The summed E-state index contributed by atoms with van der Waals surface area (Å²) in [6, 6.07) is 7.73. The number of hydrogen-bond donors (Lipinski definition) is 2. The van der Waals surface area contributed by atoms with Crippen molar-refractivity contribution in [2.75, 3.05) is 0 Å². The number of para-hydroxylation sites is 2. The Morgan fingerprint density at radius 3 is 3.05 bits per heavy atom. The van der Waals surface area contributed by atoms with Crippen molar-refractivity contribution < 1.29 is 4.79 Å². The zero-order valence-electron chi connectivity index (χ0n) is 10.2. The van der Waals surface area contributed by atoms with E-state index in [9.17, 15) is 4.79 Å². The molecule has 0 saturated carbocycles. The first-order valence-corrected chi connectivity index (χ1v) is 5.98. The first-order valence-electron chi connectivity index (χ1n) is 5.98. The van der Waals surface area contributed by atoms with Crippen molar-refractivity contribution in [1.82, 2.24) is 24.8 Å². The topological polar surface area (TPSA) is 75.6 Å². The van der Waals surface area contributed by atoms with E-state index in [2.05, 4.69) is 20.3 Å². The summed E-state index contributed by atoms with van der Waals surface area (Å²) in [6.07, 6.45) is 5.06. The molecule has 1 amide bonds. The lowest BCUT2D eigenvalue weighted by Gasteiger charge is -2.05. The van der Waals surface area contributed by atoms with Crippen LogP contribution in [0.25, 0.3) is 11.0 Å². The molecule has 0 bridgehead atoms. The largest absolute Gasteiger partial charge is 0.347 e. The lowest BCUT2D eigenvalue weighted by Crippen LogP contribution is -2.27. The molecule has 0 aliphatic carbocycles. The van der Waals surface area contributed by atoms with E-state index < -0.39 is 0 Å². The van der Waals surface area contributed by atoms with Crippen LogP contribution in [0, 0.1) is 0 Å². The number of rotatable bonds is 4. The van der Waals surface area contributed by atoms with Crippen molar-refractivity contribution in [3.63, 3.8) is 0 Å². The second-order valence-electron chi connectivity index (χ2n) is 4.17. The molecule has 3 rings (SSSR count). The lowest BCUT2D eigenvalue weighted by molar-refractivity contribution is -0.121. The molecule has 0 aliphatic rings. The van der Waals surface area contributed by atoms with Gasteiger partial charge >= 0.3 is 0 Å². The molecule has 6 heteroatoms. The number of carbonyl (C=O) groups excluding carboxylic acids is 1. The summed E-state index contributed by atoms with van der Waals surface area (Å²) in [5.41, 5.74) is 1.84. The average Bonchev–Trinajstić information content (AvgIpc) is 3.07. The highest BCUT2D eigenvalue weighted by molar-refractivity contribution is 5.80. The van der Waals surface area contributed by atoms with Crippen molar-refractivity contribution in [2.24, 2.45) is 0 Å². The molecule has 0 atom stereocenters. The number of nitrogens with one attached hydrogen (secondary N) is 2. The SMILES string of the molecule is O=C(Cn1cnc2ccccc21)NCc1ncc[nH]1. The Morgan fingerprint density at radius 1 is 1.32 bits per heavy atom. The predicted molar refractivity (Wildman–Crippen MR) is 70.2 cm³/mol. The normalized spacial score (nSPS) is 10.7. The van der Waals surface area contributed by atoms with E-state index in [4.69, 9.17) is 0 Å². The van der Waals surface area contributed by atoms with Gasteiger partial charge in [0.05, 0.1) is 23.9 Å². The summed E-state index contributed by atoms with van der Waals surface area (Å²) in [6.45, 7) is 0.652. The molecule has 96 valence electrons. The standard InChI is InChI=1S/C13H13N5O/c19-13(16-7-12-14-5-6-15-12)8-18-9-17-10-3-1-2-4-11(10)18/h1-6,9H,7-8H2,(H,14,15)(H,16,19). The van der Waals surface area contributed by atoms with Gasteiger partial charge in [-0.2, -0.15) is 0 Å². The van der Waals surface area contributed by atoms with Gasteiger partial charge in [0.15, 0.2) is 0 Å². The summed E-state index contributed by atoms with van der Waals surface area (Å²) in [7, 11) is 0. The van der Waals surface area contributed by atoms with Gasteiger partial charge in [0.25, 0.3) is 0 Å². The van der Waals surface area contributed by atoms with Crippen molar-refractivity contribution in [3.05, 3.63) is 48.8 Å². The van der Waals surface area contributed by atoms with Gasteiger partial charge in [-0.15, -0.1) is 0 Å². The molecule has 0 fully saturated rings. The van der Waals surface area contributed by atoms with E-state index in [1.165, 1.54) is 0 Å². The van der Waals surface area contributed by atoms with Gasteiger partial charge in [-0.1, -0.05) is 12.1 Å². The van der Waals surface area contributed by atoms with Crippen LogP contribution < -0.4 is 5.32 Å². The Morgan fingerprint density at radius 2 is 2.21 bits per heavy atom. The highest BCUT2D eigenvalue weighted by atomic mass is 16.1. The zero-order valence-corrected chi connectivity index (χ0v) is 10.2. The summed E-state index contributed by atoms with van der Waals surface area (Å²) in [5.74, 6) is 0.670. The monoisotopic (exact) mass is 255 g/mol. The van der Waals surface area contributed by atoms with Crippen LogP contribution in [-0.4, -0.2) is 25.4 Å². The number of H-pyrrole nitrogens is 1. The highest BCUT2D eigenvalue weighted by Gasteiger charge is 2.06. The van der Waals surface area contributed by atoms with Crippen LogP contribution >= 0.6 is 0 Å². The molecule has 19 heavy (non-hydrogen) atoms. The third kappa shape index (κ3) is 2.47. The third-order valence-corrected chi connectivity index (χ3v) is 2.85. The molecule has 2 aromatic heterocycles. The molecular weight excluding hydrogens is 242 g/mol. The fourth-order valence-corrected chi connectivity index (χ4v) is 1.92. The molecule has 1 aromatic carbocycles. The van der Waals surface area contributed by atoms with E-state index in [0.29, 0.717) is 6.54 Å². The highest BCUT2D eigenvalue weighted by Crippen LogP contribution is 2.11. The van der Waals surface area contributed by atoms with Crippen molar-refractivity contribution in [3.8, 4) is 0 Å². The van der Waals surface area contributed by atoms with Crippen LogP contribution in [-0.2, 0) is 17.9 Å². The van der Waals surface area contributed by atoms with Gasteiger partial charge in [0.1, 0.15) is 12.4 Å². The Bertz CT molecular complexity index is 686. The zero-order chi connectivity index (χ0) is 13.1. The van der Waals surface area contributed by atoms with Crippen LogP contribution in [0.2, 0.25) is 0 Å². The van der Waals surface area contributed by atoms with Gasteiger partial charge in [-0.25, -0.2) is 9.97 Å². The van der Waals surface area contributed by atoms with Crippen LogP contribution in [0.4, 0.5) is 0 Å². The fraction of sp³-hybridized carbons (Fsp3) is 0.154. The number of nitrogens with zero attached hydrogens (tertiary/aromatic N) is 3. The summed E-state index contributed by atoms with van der Waals surface area (Å²) < 4.78 is 1.83. The van der Waals surface area contributed by atoms with Crippen molar-refractivity contribution >= 4 is 16.9 Å². The summed E-state index contributed by atoms with van der Waals surface area (Å²) >= 11 is 0. The number of imidazole rings is 2. The van der Waals surface area contributed by atoms with E-state index in [1.807, 2.05) is 28.8 Å². The number of carbonyl (C=O) groups is 1.